The van der Waals surface area contributed by atoms with Crippen molar-refractivity contribution in [1.29, 1.82) is 0 Å². The molecule has 0 spiro atoms. The van der Waals surface area contributed by atoms with Gasteiger partial charge in [-0.1, -0.05) is 152 Å². The molecule has 0 radical (unpaired) electrons. The second-order valence-electron chi connectivity index (χ2n) is 15.0. The first-order chi connectivity index (χ1) is 28.8. The molecule has 0 N–H and O–H groups in total. The zero-order valence-electron chi connectivity index (χ0n) is 31.4. The van der Waals surface area contributed by atoms with Gasteiger partial charge in [0.1, 0.15) is 0 Å². The van der Waals surface area contributed by atoms with Crippen LogP contribution >= 0.6 is 0 Å². The van der Waals surface area contributed by atoms with Crippen LogP contribution in [0, 0.1) is 0 Å². The van der Waals surface area contributed by atoms with E-state index in [0.717, 1.165) is 44.3 Å². The molecule has 0 bridgehead atoms. The summed E-state index contributed by atoms with van der Waals surface area (Å²) in [5, 5.41) is 8.32. The monoisotopic (exact) mass is 738 g/mol. The van der Waals surface area contributed by atoms with Gasteiger partial charge in [0.05, 0.1) is 33.3 Å². The van der Waals surface area contributed by atoms with Crippen LogP contribution in [0.4, 0.5) is 0 Å². The third-order valence-electron chi connectivity index (χ3n) is 11.7. The van der Waals surface area contributed by atoms with Gasteiger partial charge >= 0.3 is 0 Å². The van der Waals surface area contributed by atoms with Crippen molar-refractivity contribution in [3.05, 3.63) is 206 Å². The van der Waals surface area contributed by atoms with Crippen molar-refractivity contribution in [3.8, 4) is 45.1 Å². The molecule has 58 heavy (non-hydrogen) atoms. The minimum atomic E-state index is 0.654. The lowest BCUT2D eigenvalue weighted by Gasteiger charge is -2.13. The predicted octanol–water partition coefficient (Wildman–Crippen LogP) is 14.0. The Labute approximate surface area is 334 Å². The van der Waals surface area contributed by atoms with Crippen LogP contribution in [-0.4, -0.2) is 19.1 Å². The fourth-order valence-electron chi connectivity index (χ4n) is 9.04. The first-order valence-corrected chi connectivity index (χ1v) is 19.7. The van der Waals surface area contributed by atoms with Crippen molar-refractivity contribution in [2.24, 2.45) is 0 Å². The van der Waals surface area contributed by atoms with E-state index >= 15 is 0 Å². The van der Waals surface area contributed by atoms with Crippen molar-refractivity contribution in [3.63, 3.8) is 0 Å². The van der Waals surface area contributed by atoms with Gasteiger partial charge in [0.25, 0.3) is 0 Å². The molecule has 12 aromatic rings. The van der Waals surface area contributed by atoms with Crippen molar-refractivity contribution in [1.82, 2.24) is 19.1 Å². The molecular weight excluding hydrogens is 705 g/mol. The fourth-order valence-corrected chi connectivity index (χ4v) is 9.04. The zero-order valence-corrected chi connectivity index (χ0v) is 31.4. The molecule has 0 aliphatic carbocycles. The maximum absolute atomic E-state index is 5.39. The normalized spacial score (nSPS) is 11.8. The van der Waals surface area contributed by atoms with Crippen molar-refractivity contribution < 1.29 is 0 Å². The van der Waals surface area contributed by atoms with Crippen LogP contribution in [0.25, 0.3) is 110 Å². The lowest BCUT2D eigenvalue weighted by atomic mass is 9.96. The summed E-state index contributed by atoms with van der Waals surface area (Å²) in [6, 6.07) is 73.8. The second kappa shape index (κ2) is 12.9. The molecule has 0 atom stereocenters. The zero-order chi connectivity index (χ0) is 38.2. The Balaban J connectivity index is 1.00. The van der Waals surface area contributed by atoms with Crippen LogP contribution in [0.3, 0.4) is 0 Å². The van der Waals surface area contributed by atoms with Crippen LogP contribution in [0.5, 0.6) is 0 Å². The maximum Gasteiger partial charge on any atom is 0.235 e. The number of rotatable bonds is 5. The third kappa shape index (κ3) is 5.02. The predicted molar refractivity (Wildman–Crippen MR) is 242 cm³/mol. The van der Waals surface area contributed by atoms with Gasteiger partial charge in [-0.3, -0.25) is 4.57 Å². The molecule has 12 rings (SSSR count). The van der Waals surface area contributed by atoms with E-state index in [-0.39, 0.29) is 0 Å². The summed E-state index contributed by atoms with van der Waals surface area (Å²) in [6.07, 6.45) is 0. The summed E-state index contributed by atoms with van der Waals surface area (Å²) in [6.45, 7) is 0. The first-order valence-electron chi connectivity index (χ1n) is 19.7. The van der Waals surface area contributed by atoms with Gasteiger partial charge in [-0.05, 0) is 87.6 Å². The van der Waals surface area contributed by atoms with Crippen LogP contribution in [0.1, 0.15) is 0 Å². The Hall–Kier alpha value is -7.82. The molecule has 0 saturated carbocycles. The molecule has 3 aromatic heterocycles. The minimum absolute atomic E-state index is 0.654. The quantitative estimate of drug-likeness (QED) is 0.176. The van der Waals surface area contributed by atoms with Crippen molar-refractivity contribution >= 4 is 65.3 Å². The summed E-state index contributed by atoms with van der Waals surface area (Å²) in [5.74, 6) is 0.654. The molecule has 0 saturated heterocycles. The van der Waals surface area contributed by atoms with Gasteiger partial charge in [-0.25, -0.2) is 9.97 Å². The third-order valence-corrected chi connectivity index (χ3v) is 11.7. The Morgan fingerprint density at radius 3 is 1.55 bits per heavy atom. The summed E-state index contributed by atoms with van der Waals surface area (Å²) >= 11 is 0. The lowest BCUT2D eigenvalue weighted by molar-refractivity contribution is 1.01. The highest BCUT2D eigenvalue weighted by molar-refractivity contribution is 6.13. The van der Waals surface area contributed by atoms with Crippen molar-refractivity contribution in [2.75, 3.05) is 0 Å². The number of hydrogen-bond acceptors (Lipinski definition) is 2. The Kier molecular flexibility index (Phi) is 7.20. The molecule has 0 aliphatic rings. The Bertz CT molecular complexity index is 3550. The molecule has 0 unspecified atom stereocenters. The SMILES string of the molecule is c1ccc(-n2c3ccccc3c3cc(-c4ccc5c(c4)c4ccccc4n5-c4nc(-c5ccc(-c6cccc7ccccc67)cc5)c5ccccc5n4)ccc32)cc1. The van der Waals surface area contributed by atoms with Gasteiger partial charge in [0.2, 0.25) is 5.95 Å². The summed E-state index contributed by atoms with van der Waals surface area (Å²) in [4.78, 5) is 10.6. The van der Waals surface area contributed by atoms with E-state index in [2.05, 4.69) is 215 Å². The van der Waals surface area contributed by atoms with Crippen molar-refractivity contribution in [2.45, 2.75) is 0 Å². The molecule has 0 fully saturated rings. The summed E-state index contributed by atoms with van der Waals surface area (Å²) < 4.78 is 4.59. The van der Waals surface area contributed by atoms with E-state index in [1.54, 1.807) is 0 Å². The molecule has 0 aliphatic heterocycles. The average molecular weight is 739 g/mol. The fraction of sp³-hybridized carbons (Fsp3) is 0. The van der Waals surface area contributed by atoms with Crippen LogP contribution in [0.2, 0.25) is 0 Å². The average Bonchev–Trinajstić information content (AvgIpc) is 3.81. The first kappa shape index (κ1) is 32.4. The molecule has 9 aromatic carbocycles. The van der Waals surface area contributed by atoms with E-state index in [0.29, 0.717) is 5.95 Å². The number of aromatic nitrogens is 4. The smallest absolute Gasteiger partial charge is 0.235 e. The van der Waals surface area contributed by atoms with Gasteiger partial charge in [0, 0.05) is 38.2 Å². The summed E-state index contributed by atoms with van der Waals surface area (Å²) in [7, 11) is 0. The Morgan fingerprint density at radius 1 is 0.310 bits per heavy atom. The summed E-state index contributed by atoms with van der Waals surface area (Å²) in [5.41, 5.74) is 13.3. The van der Waals surface area contributed by atoms with E-state index < -0.39 is 0 Å². The number of fused-ring (bicyclic) bond motifs is 8. The van der Waals surface area contributed by atoms with Gasteiger partial charge in [-0.15, -0.1) is 0 Å². The van der Waals surface area contributed by atoms with Gasteiger partial charge in [0.15, 0.2) is 0 Å². The number of nitrogens with zero attached hydrogens (tertiary/aromatic N) is 4. The second-order valence-corrected chi connectivity index (χ2v) is 15.0. The highest BCUT2D eigenvalue weighted by atomic mass is 15.2. The van der Waals surface area contributed by atoms with Crippen LogP contribution in [-0.2, 0) is 0 Å². The van der Waals surface area contributed by atoms with E-state index in [1.807, 2.05) is 0 Å². The molecular formula is C54H34N4. The topological polar surface area (TPSA) is 35.6 Å². The highest BCUT2D eigenvalue weighted by Crippen LogP contribution is 2.39. The largest absolute Gasteiger partial charge is 0.309 e. The molecule has 3 heterocycles. The minimum Gasteiger partial charge on any atom is -0.309 e. The molecule has 0 amide bonds. The van der Waals surface area contributed by atoms with E-state index in [1.165, 1.54) is 60.2 Å². The molecule has 4 nitrogen and oxygen atoms in total. The lowest BCUT2D eigenvalue weighted by Crippen LogP contribution is -2.03. The van der Waals surface area contributed by atoms with Gasteiger partial charge < -0.3 is 4.57 Å². The van der Waals surface area contributed by atoms with E-state index in [9.17, 15) is 0 Å². The maximum atomic E-state index is 5.39. The Morgan fingerprint density at radius 2 is 0.828 bits per heavy atom. The highest BCUT2D eigenvalue weighted by Gasteiger charge is 2.19. The van der Waals surface area contributed by atoms with Crippen LogP contribution < -0.4 is 0 Å². The molecule has 270 valence electrons. The van der Waals surface area contributed by atoms with E-state index in [4.69, 9.17) is 9.97 Å². The number of hydrogen-bond donors (Lipinski definition) is 0. The number of benzene rings is 9. The number of para-hydroxylation sites is 4. The van der Waals surface area contributed by atoms with Crippen LogP contribution in [0.15, 0.2) is 206 Å². The molecule has 4 heteroatoms. The van der Waals surface area contributed by atoms with Gasteiger partial charge in [-0.2, -0.15) is 0 Å². The standard InChI is InChI=1S/C54H34N4/c1-2-15-40(16-3-1)57-49-23-10-7-18-43(49)46-33-38(29-31-51(46)57)39-30-32-52-47(34-39)44-19-8-11-24-50(44)58(52)54-55-48-22-9-6-20-45(48)53(56-54)37-27-25-36(26-28-37)42-21-12-14-35-13-4-5-17-41(35)42/h1-34H.